The van der Waals surface area contributed by atoms with Crippen molar-refractivity contribution in [1.82, 2.24) is 19.4 Å². The van der Waals surface area contributed by atoms with E-state index in [1.54, 1.807) is 18.6 Å². The smallest absolute Gasteiger partial charge is 0.254 e. The number of fused-ring (bicyclic) bond motifs is 1. The van der Waals surface area contributed by atoms with Crippen molar-refractivity contribution in [2.75, 3.05) is 13.2 Å². The van der Waals surface area contributed by atoms with Crippen LogP contribution in [0.4, 0.5) is 0 Å². The summed E-state index contributed by atoms with van der Waals surface area (Å²) >= 11 is 0. The largest absolute Gasteiger partial charge is 0.492 e. The average molecular weight is 348 g/mol. The van der Waals surface area contributed by atoms with Gasteiger partial charge in [-0.05, 0) is 24.3 Å². The second-order valence-corrected chi connectivity index (χ2v) is 6.41. The summed E-state index contributed by atoms with van der Waals surface area (Å²) in [5.41, 5.74) is 0.694. The molecular formula is C20H20N4O2. The minimum absolute atomic E-state index is 0.0217. The van der Waals surface area contributed by atoms with Crippen molar-refractivity contribution in [3.63, 3.8) is 0 Å². The van der Waals surface area contributed by atoms with Gasteiger partial charge in [0, 0.05) is 43.2 Å². The lowest BCUT2D eigenvalue weighted by atomic mass is 10.1. The van der Waals surface area contributed by atoms with Crippen molar-refractivity contribution in [2.45, 2.75) is 13.1 Å². The molecule has 0 radical (unpaired) electrons. The molecule has 6 heteroatoms. The fourth-order valence-electron chi connectivity index (χ4n) is 3.21. The van der Waals surface area contributed by atoms with Crippen LogP contribution in [0.15, 0.2) is 67.3 Å². The molecule has 0 aliphatic carbocycles. The lowest BCUT2D eigenvalue weighted by molar-refractivity contribution is 0.0699. The van der Waals surface area contributed by atoms with E-state index in [4.69, 9.17) is 4.74 Å². The monoisotopic (exact) mass is 348 g/mol. The van der Waals surface area contributed by atoms with E-state index < -0.39 is 0 Å². The zero-order chi connectivity index (χ0) is 17.8. The normalized spacial score (nSPS) is 16.6. The van der Waals surface area contributed by atoms with Crippen LogP contribution in [0.25, 0.3) is 0 Å². The first-order valence-electron chi connectivity index (χ1n) is 8.67. The molecule has 1 atom stereocenters. The molecule has 3 aromatic rings. The van der Waals surface area contributed by atoms with E-state index in [9.17, 15) is 4.79 Å². The van der Waals surface area contributed by atoms with Gasteiger partial charge in [0.15, 0.2) is 0 Å². The first-order valence-corrected chi connectivity index (χ1v) is 8.67. The number of benzene rings is 1. The van der Waals surface area contributed by atoms with E-state index in [1.165, 1.54) is 0 Å². The number of hydrogen-bond acceptors (Lipinski definition) is 4. The van der Waals surface area contributed by atoms with Crippen LogP contribution >= 0.6 is 0 Å². The van der Waals surface area contributed by atoms with Crippen molar-refractivity contribution in [3.05, 3.63) is 78.6 Å². The molecule has 0 saturated heterocycles. The zero-order valence-electron chi connectivity index (χ0n) is 14.4. The highest BCUT2D eigenvalue weighted by molar-refractivity contribution is 5.94. The third kappa shape index (κ3) is 3.59. The summed E-state index contributed by atoms with van der Waals surface area (Å²) in [6.45, 7) is 2.41. The van der Waals surface area contributed by atoms with Gasteiger partial charge in [0.25, 0.3) is 5.91 Å². The van der Waals surface area contributed by atoms with Crippen LogP contribution < -0.4 is 4.74 Å². The Balaban J connectivity index is 1.53. The molecule has 1 aliphatic rings. The predicted molar refractivity (Wildman–Crippen MR) is 96.6 cm³/mol. The van der Waals surface area contributed by atoms with E-state index in [0.29, 0.717) is 25.3 Å². The minimum Gasteiger partial charge on any atom is -0.492 e. The molecule has 4 rings (SSSR count). The number of hydrogen-bond donors (Lipinski definition) is 0. The van der Waals surface area contributed by atoms with Gasteiger partial charge in [-0.1, -0.05) is 18.2 Å². The predicted octanol–water partition coefficient (Wildman–Crippen LogP) is 2.63. The molecule has 0 saturated carbocycles. The highest BCUT2D eigenvalue weighted by Gasteiger charge is 2.26. The SMILES string of the molecule is O=C(c1ccccc1)N1Cc2nccn2C[C@H](COc2cccnc2)C1. The Morgan fingerprint density at radius 3 is 2.81 bits per heavy atom. The maximum atomic E-state index is 12.9. The summed E-state index contributed by atoms with van der Waals surface area (Å²) in [6, 6.07) is 13.1. The van der Waals surface area contributed by atoms with Crippen LogP contribution in [0, 0.1) is 5.92 Å². The van der Waals surface area contributed by atoms with Crippen LogP contribution in [0.3, 0.4) is 0 Å². The number of rotatable bonds is 4. The summed E-state index contributed by atoms with van der Waals surface area (Å²) < 4.78 is 8.00. The molecule has 6 nitrogen and oxygen atoms in total. The van der Waals surface area contributed by atoms with Crippen molar-refractivity contribution in [2.24, 2.45) is 5.92 Å². The van der Waals surface area contributed by atoms with Crippen molar-refractivity contribution >= 4 is 5.91 Å². The van der Waals surface area contributed by atoms with Crippen LogP contribution in [0.1, 0.15) is 16.2 Å². The number of aromatic nitrogens is 3. The van der Waals surface area contributed by atoms with Gasteiger partial charge in [0.05, 0.1) is 19.3 Å². The van der Waals surface area contributed by atoms with Gasteiger partial charge in [-0.2, -0.15) is 0 Å². The quantitative estimate of drug-likeness (QED) is 0.727. The fourth-order valence-corrected chi connectivity index (χ4v) is 3.21. The molecule has 0 spiro atoms. The van der Waals surface area contributed by atoms with Crippen molar-refractivity contribution < 1.29 is 9.53 Å². The van der Waals surface area contributed by atoms with Gasteiger partial charge in [-0.3, -0.25) is 9.78 Å². The summed E-state index contributed by atoms with van der Waals surface area (Å²) in [7, 11) is 0. The zero-order valence-corrected chi connectivity index (χ0v) is 14.4. The molecule has 1 amide bonds. The van der Waals surface area contributed by atoms with Crippen molar-refractivity contribution in [1.29, 1.82) is 0 Å². The summed E-state index contributed by atoms with van der Waals surface area (Å²) in [5, 5.41) is 0. The second-order valence-electron chi connectivity index (χ2n) is 6.41. The number of nitrogens with zero attached hydrogens (tertiary/aromatic N) is 4. The van der Waals surface area contributed by atoms with Gasteiger partial charge < -0.3 is 14.2 Å². The molecule has 1 aromatic carbocycles. The van der Waals surface area contributed by atoms with E-state index in [2.05, 4.69) is 14.5 Å². The molecule has 132 valence electrons. The van der Waals surface area contributed by atoms with Gasteiger partial charge in [0.2, 0.25) is 0 Å². The topological polar surface area (TPSA) is 60.2 Å². The molecule has 1 aliphatic heterocycles. The van der Waals surface area contributed by atoms with Gasteiger partial charge in [0.1, 0.15) is 11.6 Å². The number of carbonyl (C=O) groups is 1. The molecule has 2 aromatic heterocycles. The van der Waals surface area contributed by atoms with Crippen molar-refractivity contribution in [3.8, 4) is 5.75 Å². The van der Waals surface area contributed by atoms with Crippen LogP contribution in [0.5, 0.6) is 5.75 Å². The third-order valence-corrected chi connectivity index (χ3v) is 4.50. The van der Waals surface area contributed by atoms with E-state index in [0.717, 1.165) is 18.1 Å². The molecule has 0 bridgehead atoms. The first-order chi connectivity index (χ1) is 12.8. The van der Waals surface area contributed by atoms with Crippen LogP contribution in [-0.4, -0.2) is 38.5 Å². The van der Waals surface area contributed by atoms with E-state index in [-0.39, 0.29) is 11.8 Å². The van der Waals surface area contributed by atoms with Gasteiger partial charge in [-0.25, -0.2) is 4.98 Å². The Kier molecular flexibility index (Phi) is 4.64. The highest BCUT2D eigenvalue weighted by atomic mass is 16.5. The Bertz CT molecular complexity index is 864. The van der Waals surface area contributed by atoms with Crippen LogP contribution in [0.2, 0.25) is 0 Å². The van der Waals surface area contributed by atoms with E-state index >= 15 is 0 Å². The molecule has 26 heavy (non-hydrogen) atoms. The van der Waals surface area contributed by atoms with Crippen LogP contribution in [-0.2, 0) is 13.1 Å². The molecule has 0 fully saturated rings. The highest BCUT2D eigenvalue weighted by Crippen LogP contribution is 2.19. The second kappa shape index (κ2) is 7.39. The fraction of sp³-hybridized carbons (Fsp3) is 0.250. The van der Waals surface area contributed by atoms with Gasteiger partial charge in [-0.15, -0.1) is 0 Å². The molecule has 0 unspecified atom stereocenters. The van der Waals surface area contributed by atoms with E-state index in [1.807, 2.05) is 53.6 Å². The first kappa shape index (κ1) is 16.3. The minimum atomic E-state index is 0.0217. The Morgan fingerprint density at radius 2 is 2.00 bits per heavy atom. The standard InChI is InChI=1S/C20H20N4O2/c25-20(17-5-2-1-3-6-17)24-13-16(12-23-10-9-22-19(23)14-24)15-26-18-7-4-8-21-11-18/h1-11,16H,12-15H2/t16-/m0/s1. The maximum Gasteiger partial charge on any atom is 0.254 e. The number of pyridine rings is 1. The number of carbonyl (C=O) groups excluding carboxylic acids is 1. The number of ether oxygens (including phenoxy) is 1. The lowest BCUT2D eigenvalue weighted by Crippen LogP contribution is -2.35. The molecule has 3 heterocycles. The molecule has 0 N–H and O–H groups in total. The maximum absolute atomic E-state index is 12.9. The Hall–Kier alpha value is -3.15. The Labute approximate surface area is 152 Å². The Morgan fingerprint density at radius 1 is 1.12 bits per heavy atom. The lowest BCUT2D eigenvalue weighted by Gasteiger charge is -2.24. The average Bonchev–Trinajstić information content (AvgIpc) is 3.05. The molecular weight excluding hydrogens is 328 g/mol. The summed E-state index contributed by atoms with van der Waals surface area (Å²) in [6.07, 6.45) is 7.16. The van der Waals surface area contributed by atoms with Gasteiger partial charge >= 0.3 is 0 Å². The number of imidazole rings is 1. The summed E-state index contributed by atoms with van der Waals surface area (Å²) in [4.78, 5) is 23.3. The number of amides is 1. The summed E-state index contributed by atoms with van der Waals surface area (Å²) in [5.74, 6) is 1.83. The third-order valence-electron chi connectivity index (χ3n) is 4.50.